The summed E-state index contributed by atoms with van der Waals surface area (Å²) in [5, 5.41) is 0. The van der Waals surface area contributed by atoms with Gasteiger partial charge in [0, 0.05) is 0 Å². The molecule has 0 amide bonds. The molecule has 9 heteroatoms. The van der Waals surface area contributed by atoms with Crippen molar-refractivity contribution in [2.75, 3.05) is 0 Å². The fourth-order valence-electron chi connectivity index (χ4n) is 0. The molecule has 0 aliphatic rings. The van der Waals surface area contributed by atoms with Gasteiger partial charge in [-0.15, -0.1) is 67.1 Å². The molecule has 0 aromatic heterocycles. The van der Waals surface area contributed by atoms with Crippen molar-refractivity contribution in [3.05, 3.63) is 0 Å². The Labute approximate surface area is 114 Å². The summed E-state index contributed by atoms with van der Waals surface area (Å²) in [5.41, 5.74) is 0. The second kappa shape index (κ2) is 8.72. The summed E-state index contributed by atoms with van der Waals surface area (Å²) in [7, 11) is 20.1. The molecule has 0 aliphatic carbocycles. The van der Waals surface area contributed by atoms with Gasteiger partial charge < -0.3 is 0 Å². The summed E-state index contributed by atoms with van der Waals surface area (Å²) >= 11 is 3.84. The predicted molar refractivity (Wildman–Crippen MR) is 71.2 cm³/mol. The molecule has 0 aromatic carbocycles. The molecule has 0 aromatic rings. The van der Waals surface area contributed by atoms with E-state index >= 15 is 0 Å². The maximum atomic E-state index is 5.01. The van der Waals surface area contributed by atoms with Crippen LogP contribution in [0.5, 0.6) is 0 Å². The number of rotatable bonds is 0. The van der Waals surface area contributed by atoms with Crippen LogP contribution in [0.2, 0.25) is 0 Å². The third-order valence-corrected chi connectivity index (χ3v) is 0. The van der Waals surface area contributed by atoms with Crippen molar-refractivity contribution in [3.8, 4) is 0 Å². The molecular formula is BCl4I3Ti. The average Bonchev–Trinajstić information content (AvgIpc) is 1.19. The molecule has 0 aliphatic heterocycles. The Hall–Kier alpha value is 4.13. The van der Waals surface area contributed by atoms with E-state index in [9.17, 15) is 0 Å². The molecule has 0 saturated carbocycles. The van der Waals surface area contributed by atoms with Crippen molar-refractivity contribution in [3.63, 3.8) is 0 Å². The van der Waals surface area contributed by atoms with E-state index in [0.29, 0.717) is 0 Å². The summed E-state index contributed by atoms with van der Waals surface area (Å²) in [5.74, 6) is 0. The summed E-state index contributed by atoms with van der Waals surface area (Å²) in [6.07, 6.45) is 0. The van der Waals surface area contributed by atoms with E-state index in [2.05, 4.69) is 67.1 Å². The average molecular weight is 581 g/mol. The van der Waals surface area contributed by atoms with Crippen LogP contribution in [0.15, 0.2) is 0 Å². The summed E-state index contributed by atoms with van der Waals surface area (Å²) in [6, 6.07) is 0. The number of hydrogen-bond donors (Lipinski definition) is 0. The van der Waals surface area contributed by atoms with Gasteiger partial charge in [-0.1, -0.05) is 0 Å². The van der Waals surface area contributed by atoms with Crippen molar-refractivity contribution in [2.24, 2.45) is 0 Å². The van der Waals surface area contributed by atoms with Crippen molar-refractivity contribution in [2.45, 2.75) is 0 Å². The first-order valence-corrected chi connectivity index (χ1v) is 13.7. The zero-order valence-electron chi connectivity index (χ0n) is 3.72. The second-order valence-corrected chi connectivity index (χ2v) is 27.0. The molecule has 0 saturated heterocycles. The molecule has 0 spiro atoms. The van der Waals surface area contributed by atoms with Crippen LogP contribution < -0.4 is 0 Å². The normalized spacial score (nSPS) is 9.67. The Morgan fingerprint density at radius 2 is 0.889 bits per heavy atom. The minimum absolute atomic E-state index is 0.743. The fraction of sp³-hybridized carbons (Fsp3) is 0. The van der Waals surface area contributed by atoms with Crippen LogP contribution in [0.25, 0.3) is 0 Å². The Balaban J connectivity index is 0. The Morgan fingerprint density at radius 3 is 0.889 bits per heavy atom. The van der Waals surface area contributed by atoms with Gasteiger partial charge in [-0.3, -0.25) is 0 Å². The first kappa shape index (κ1) is 15.6. The molecule has 0 rings (SSSR count). The van der Waals surface area contributed by atoms with Gasteiger partial charge >= 0.3 is 49.8 Å². The molecule has 0 bridgehead atoms. The van der Waals surface area contributed by atoms with E-state index in [4.69, 9.17) is 37.2 Å². The predicted octanol–water partition coefficient (Wildman–Crippen LogP) is 5.03. The zero-order chi connectivity index (χ0) is 8.08. The molecule has 56 valence electrons. The van der Waals surface area contributed by atoms with Crippen molar-refractivity contribution < 1.29 is 12.3 Å². The van der Waals surface area contributed by atoms with E-state index in [-0.39, 0.29) is 0 Å². The summed E-state index contributed by atoms with van der Waals surface area (Å²) < 4.78 is 0.743. The van der Waals surface area contributed by atoms with Crippen LogP contribution in [0, 0.1) is 0 Å². The fourth-order valence-corrected chi connectivity index (χ4v) is 0. The van der Waals surface area contributed by atoms with E-state index in [0.717, 1.165) is 0.282 Å². The minimum atomic E-state index is -3.11. The van der Waals surface area contributed by atoms with E-state index in [1.54, 1.807) is 0 Å². The standard InChI is InChI=1S/BI3.4ClH.Ti/c2-1(3)4;;;;;/h;4*1H;/q;;;;;+4/p-4. The third kappa shape index (κ3) is 73.0. The van der Waals surface area contributed by atoms with Crippen molar-refractivity contribution in [1.29, 1.82) is 0 Å². The van der Waals surface area contributed by atoms with Gasteiger partial charge in [-0.25, -0.2) is 0 Å². The van der Waals surface area contributed by atoms with Crippen LogP contribution in [-0.2, 0) is 12.3 Å². The molecule has 9 heavy (non-hydrogen) atoms. The van der Waals surface area contributed by atoms with Gasteiger partial charge in [0.15, 0.2) is 0 Å². The Morgan fingerprint density at radius 1 is 0.889 bits per heavy atom. The molecule has 0 N–H and O–H groups in total. The zero-order valence-corrected chi connectivity index (χ0v) is 14.8. The maximum absolute atomic E-state index is 5.01. The van der Waals surface area contributed by atoms with Gasteiger partial charge in [0.05, 0.1) is 0 Å². The second-order valence-electron chi connectivity index (χ2n) is 0.676. The Bertz CT molecular complexity index is 52.6. The number of hydrogen-bond acceptors (Lipinski definition) is 0. The summed E-state index contributed by atoms with van der Waals surface area (Å²) in [6.45, 7) is 0. The molecule has 0 atom stereocenters. The van der Waals surface area contributed by atoms with E-state index in [1.807, 2.05) is 0 Å². The van der Waals surface area contributed by atoms with Gasteiger partial charge in [-0.05, 0) is 0 Å². The SMILES string of the molecule is IB(I)I.[Cl][Ti]([Cl])([Cl])[Cl]. The Kier molecular flexibility index (Phi) is 15.1. The quantitative estimate of drug-likeness (QED) is 0.278. The molecule has 0 fully saturated rings. The van der Waals surface area contributed by atoms with Crippen LogP contribution >= 0.6 is 104 Å². The first-order chi connectivity index (χ1) is 3.73. The molecule has 0 radical (unpaired) electrons. The first-order valence-electron chi connectivity index (χ1n) is 1.41. The topological polar surface area (TPSA) is 0 Å². The number of halogens is 7. The van der Waals surface area contributed by atoms with Crippen LogP contribution in [-0.4, -0.2) is 0.282 Å². The van der Waals surface area contributed by atoms with Gasteiger partial charge in [0.2, 0.25) is 0 Å². The molecular weight excluding hydrogens is 581 g/mol. The van der Waals surface area contributed by atoms with E-state index in [1.165, 1.54) is 0 Å². The van der Waals surface area contributed by atoms with Gasteiger partial charge in [0.1, 0.15) is 0 Å². The van der Waals surface area contributed by atoms with Crippen LogP contribution in [0.1, 0.15) is 0 Å². The van der Waals surface area contributed by atoms with Crippen molar-refractivity contribution in [1.82, 2.24) is 0 Å². The molecule has 0 unspecified atom stereocenters. The summed E-state index contributed by atoms with van der Waals surface area (Å²) in [4.78, 5) is 0. The monoisotopic (exact) mass is 580 g/mol. The van der Waals surface area contributed by atoms with Gasteiger partial charge in [-0.2, -0.15) is 0 Å². The van der Waals surface area contributed by atoms with Crippen LogP contribution in [0.3, 0.4) is 0 Å². The third-order valence-electron chi connectivity index (χ3n) is 0. The molecule has 0 nitrogen and oxygen atoms in total. The van der Waals surface area contributed by atoms with Crippen LogP contribution in [0.4, 0.5) is 0 Å². The van der Waals surface area contributed by atoms with Crippen molar-refractivity contribution >= 4 is 105 Å². The molecule has 0 heterocycles. The van der Waals surface area contributed by atoms with E-state index < -0.39 is 12.3 Å². The van der Waals surface area contributed by atoms with Gasteiger partial charge in [0.25, 0.3) is 0 Å².